The predicted octanol–water partition coefficient (Wildman–Crippen LogP) is 2.39. The lowest BCUT2D eigenvalue weighted by Gasteiger charge is -2.21. The van der Waals surface area contributed by atoms with Crippen LogP contribution in [0, 0.1) is 0 Å². The third-order valence-corrected chi connectivity index (χ3v) is 4.16. The van der Waals surface area contributed by atoms with E-state index in [4.69, 9.17) is 10.5 Å². The zero-order valence-electron chi connectivity index (χ0n) is 10.4. The smallest absolute Gasteiger partial charge is 0.0593 e. The average Bonchev–Trinajstić information content (AvgIpc) is 2.95. The minimum Gasteiger partial charge on any atom is -0.378 e. The fraction of sp³-hybridized carbons (Fsp3) is 0.714. The van der Waals surface area contributed by atoms with Crippen molar-refractivity contribution in [1.29, 1.82) is 0 Å². The molecule has 3 heteroatoms. The third kappa shape index (κ3) is 2.26. The Labute approximate surface area is 103 Å². The Morgan fingerprint density at radius 3 is 3.12 bits per heavy atom. The molecular formula is C14H22N2O. The molecular weight excluding hydrogens is 212 g/mol. The van der Waals surface area contributed by atoms with Crippen LogP contribution in [0.15, 0.2) is 12.3 Å². The van der Waals surface area contributed by atoms with Gasteiger partial charge < -0.3 is 15.0 Å². The highest BCUT2D eigenvalue weighted by atomic mass is 16.5. The molecule has 1 saturated heterocycles. The van der Waals surface area contributed by atoms with E-state index >= 15 is 0 Å². The zero-order valence-corrected chi connectivity index (χ0v) is 10.4. The van der Waals surface area contributed by atoms with Crippen LogP contribution in [-0.4, -0.2) is 17.3 Å². The van der Waals surface area contributed by atoms with E-state index in [1.54, 1.807) is 0 Å². The molecule has 1 aliphatic heterocycles. The maximum Gasteiger partial charge on any atom is 0.0593 e. The molecule has 17 heavy (non-hydrogen) atoms. The molecule has 0 saturated carbocycles. The fourth-order valence-corrected chi connectivity index (χ4v) is 3.16. The molecule has 2 N–H and O–H groups in total. The lowest BCUT2D eigenvalue weighted by Crippen LogP contribution is -2.19. The molecule has 0 bridgehead atoms. The molecule has 3 nitrogen and oxygen atoms in total. The van der Waals surface area contributed by atoms with E-state index in [2.05, 4.69) is 16.8 Å². The summed E-state index contributed by atoms with van der Waals surface area (Å²) in [7, 11) is 0. The van der Waals surface area contributed by atoms with Gasteiger partial charge in [-0.2, -0.15) is 0 Å². The summed E-state index contributed by atoms with van der Waals surface area (Å²) in [6, 6.07) is 2.48. The van der Waals surface area contributed by atoms with Crippen LogP contribution in [0.1, 0.15) is 49.4 Å². The van der Waals surface area contributed by atoms with Gasteiger partial charge in [0.1, 0.15) is 0 Å². The van der Waals surface area contributed by atoms with Gasteiger partial charge in [0.15, 0.2) is 0 Å². The molecule has 0 spiro atoms. The Morgan fingerprint density at radius 2 is 2.29 bits per heavy atom. The quantitative estimate of drug-likeness (QED) is 0.872. The van der Waals surface area contributed by atoms with E-state index in [0.29, 0.717) is 6.10 Å². The first-order chi connectivity index (χ1) is 8.34. The molecule has 2 heterocycles. The van der Waals surface area contributed by atoms with Gasteiger partial charge in [0, 0.05) is 31.1 Å². The van der Waals surface area contributed by atoms with Crippen LogP contribution in [0.5, 0.6) is 0 Å². The highest BCUT2D eigenvalue weighted by molar-refractivity contribution is 5.28. The first-order valence-electron chi connectivity index (χ1n) is 6.89. The van der Waals surface area contributed by atoms with E-state index in [1.165, 1.54) is 36.9 Å². The molecule has 0 aromatic carbocycles. The highest BCUT2D eigenvalue weighted by Gasteiger charge is 2.21. The van der Waals surface area contributed by atoms with Crippen LogP contribution in [0.2, 0.25) is 0 Å². The average molecular weight is 234 g/mol. The topological polar surface area (TPSA) is 40.2 Å². The molecule has 3 rings (SSSR count). The SMILES string of the molecule is NC1CCCc2c1ccn2CCC1CCCO1. The molecule has 1 aliphatic carbocycles. The van der Waals surface area contributed by atoms with Gasteiger partial charge in [-0.05, 0) is 50.2 Å². The number of rotatable bonds is 3. The second kappa shape index (κ2) is 4.83. The van der Waals surface area contributed by atoms with Gasteiger partial charge in [0.2, 0.25) is 0 Å². The molecule has 0 amide bonds. The summed E-state index contributed by atoms with van der Waals surface area (Å²) in [5.41, 5.74) is 8.99. The number of ether oxygens (including phenoxy) is 1. The van der Waals surface area contributed by atoms with Gasteiger partial charge >= 0.3 is 0 Å². The normalized spacial score (nSPS) is 28.3. The summed E-state index contributed by atoms with van der Waals surface area (Å²) in [5.74, 6) is 0. The number of nitrogens with zero attached hydrogens (tertiary/aromatic N) is 1. The maximum absolute atomic E-state index is 6.14. The Kier molecular flexibility index (Phi) is 3.21. The number of aromatic nitrogens is 1. The third-order valence-electron chi connectivity index (χ3n) is 4.16. The zero-order chi connectivity index (χ0) is 11.7. The number of nitrogens with two attached hydrogens (primary N) is 1. The lowest BCUT2D eigenvalue weighted by atomic mass is 9.93. The van der Waals surface area contributed by atoms with Crippen molar-refractivity contribution in [2.45, 2.75) is 57.2 Å². The van der Waals surface area contributed by atoms with E-state index in [0.717, 1.165) is 26.0 Å². The molecule has 1 fully saturated rings. The van der Waals surface area contributed by atoms with Gasteiger partial charge in [-0.25, -0.2) is 0 Å². The summed E-state index contributed by atoms with van der Waals surface area (Å²) in [4.78, 5) is 0. The number of hydrogen-bond donors (Lipinski definition) is 1. The number of hydrogen-bond acceptors (Lipinski definition) is 2. The van der Waals surface area contributed by atoms with Crippen LogP contribution in [0.3, 0.4) is 0 Å². The summed E-state index contributed by atoms with van der Waals surface area (Å²) in [6.45, 7) is 2.05. The summed E-state index contributed by atoms with van der Waals surface area (Å²) in [5, 5.41) is 0. The lowest BCUT2D eigenvalue weighted by molar-refractivity contribution is 0.100. The van der Waals surface area contributed by atoms with Crippen molar-refractivity contribution >= 4 is 0 Å². The Hall–Kier alpha value is -0.800. The summed E-state index contributed by atoms with van der Waals surface area (Å²) >= 11 is 0. The highest BCUT2D eigenvalue weighted by Crippen LogP contribution is 2.29. The Balaban J connectivity index is 1.66. The van der Waals surface area contributed by atoms with Crippen molar-refractivity contribution in [3.8, 4) is 0 Å². The first kappa shape index (κ1) is 11.3. The van der Waals surface area contributed by atoms with Crippen molar-refractivity contribution in [2.75, 3.05) is 6.61 Å². The Morgan fingerprint density at radius 1 is 1.35 bits per heavy atom. The van der Waals surface area contributed by atoms with Crippen LogP contribution in [-0.2, 0) is 17.7 Å². The second-order valence-corrected chi connectivity index (χ2v) is 5.33. The number of fused-ring (bicyclic) bond motifs is 1. The molecule has 2 atom stereocenters. The number of aryl methyl sites for hydroxylation is 1. The van der Waals surface area contributed by atoms with Crippen LogP contribution in [0.25, 0.3) is 0 Å². The first-order valence-corrected chi connectivity index (χ1v) is 6.89. The molecule has 94 valence electrons. The largest absolute Gasteiger partial charge is 0.378 e. The molecule has 1 aromatic rings. The van der Waals surface area contributed by atoms with E-state index in [1.807, 2.05) is 0 Å². The van der Waals surface area contributed by atoms with E-state index < -0.39 is 0 Å². The van der Waals surface area contributed by atoms with Crippen molar-refractivity contribution in [3.63, 3.8) is 0 Å². The fourth-order valence-electron chi connectivity index (χ4n) is 3.16. The minimum atomic E-state index is 0.266. The van der Waals surface area contributed by atoms with Gasteiger partial charge in [-0.1, -0.05) is 0 Å². The predicted molar refractivity (Wildman–Crippen MR) is 67.9 cm³/mol. The molecule has 1 aromatic heterocycles. The maximum atomic E-state index is 6.14. The van der Waals surface area contributed by atoms with Gasteiger partial charge in [0.25, 0.3) is 0 Å². The molecule has 2 aliphatic rings. The second-order valence-electron chi connectivity index (χ2n) is 5.33. The minimum absolute atomic E-state index is 0.266. The van der Waals surface area contributed by atoms with Crippen molar-refractivity contribution in [2.24, 2.45) is 5.73 Å². The van der Waals surface area contributed by atoms with Crippen molar-refractivity contribution in [1.82, 2.24) is 4.57 Å². The summed E-state index contributed by atoms with van der Waals surface area (Å²) < 4.78 is 8.08. The monoisotopic (exact) mass is 234 g/mol. The van der Waals surface area contributed by atoms with E-state index in [-0.39, 0.29) is 6.04 Å². The van der Waals surface area contributed by atoms with Crippen molar-refractivity contribution in [3.05, 3.63) is 23.5 Å². The standard InChI is InChI=1S/C14H22N2O/c15-13-4-1-5-14-12(13)7-9-16(14)8-6-11-3-2-10-17-11/h7,9,11,13H,1-6,8,10,15H2. The van der Waals surface area contributed by atoms with Gasteiger partial charge in [-0.3, -0.25) is 0 Å². The molecule has 0 radical (unpaired) electrons. The van der Waals surface area contributed by atoms with E-state index in [9.17, 15) is 0 Å². The van der Waals surface area contributed by atoms with Crippen LogP contribution >= 0.6 is 0 Å². The Bertz CT molecular complexity index is 380. The van der Waals surface area contributed by atoms with Crippen molar-refractivity contribution < 1.29 is 4.74 Å². The summed E-state index contributed by atoms with van der Waals surface area (Å²) in [6.07, 6.45) is 9.90. The van der Waals surface area contributed by atoms with Gasteiger partial charge in [-0.15, -0.1) is 0 Å². The molecule has 2 unspecified atom stereocenters. The van der Waals surface area contributed by atoms with Gasteiger partial charge in [0.05, 0.1) is 6.10 Å². The van der Waals surface area contributed by atoms with Crippen LogP contribution < -0.4 is 5.73 Å². The van der Waals surface area contributed by atoms with Crippen LogP contribution in [0.4, 0.5) is 0 Å².